The van der Waals surface area contributed by atoms with Gasteiger partial charge in [-0.05, 0) is 69.7 Å². The summed E-state index contributed by atoms with van der Waals surface area (Å²) in [6.07, 6.45) is 5.64. The number of ether oxygens (including phenoxy) is 1. The van der Waals surface area contributed by atoms with Gasteiger partial charge in [-0.2, -0.15) is 4.98 Å². The zero-order chi connectivity index (χ0) is 25.1. The second-order valence-electron chi connectivity index (χ2n) is 9.22. The number of carbonyl (C=O) groups excluding carboxylic acids is 2. The van der Waals surface area contributed by atoms with Gasteiger partial charge in [0, 0.05) is 22.0 Å². The number of nitrogens with zero attached hydrogens (tertiary/aromatic N) is 3. The van der Waals surface area contributed by atoms with E-state index in [-0.39, 0.29) is 17.8 Å². The Kier molecular flexibility index (Phi) is 7.69. The highest BCUT2D eigenvalue weighted by Gasteiger charge is 2.31. The largest absolute Gasteiger partial charge is 0.462 e. The Labute approximate surface area is 219 Å². The van der Waals surface area contributed by atoms with Crippen LogP contribution in [0.1, 0.15) is 59.3 Å². The molecule has 190 valence electrons. The van der Waals surface area contributed by atoms with Crippen molar-refractivity contribution in [2.45, 2.75) is 52.0 Å². The number of hydrogen-bond acceptors (Lipinski definition) is 8. The highest BCUT2D eigenvalue weighted by atomic mass is 35.5. The van der Waals surface area contributed by atoms with Crippen molar-refractivity contribution >= 4 is 39.8 Å². The normalized spacial score (nSPS) is 18.0. The van der Waals surface area contributed by atoms with Crippen molar-refractivity contribution in [3.8, 4) is 11.4 Å². The molecule has 1 aliphatic heterocycles. The minimum absolute atomic E-state index is 0.0611. The van der Waals surface area contributed by atoms with Crippen molar-refractivity contribution in [1.82, 2.24) is 15.0 Å². The maximum Gasteiger partial charge on any atom is 0.341 e. The number of piperidine rings is 1. The maximum absolute atomic E-state index is 13.3. The molecule has 1 fully saturated rings. The molecule has 1 aliphatic carbocycles. The average Bonchev–Trinajstić information content (AvgIpc) is 3.48. The molecule has 10 heteroatoms. The van der Waals surface area contributed by atoms with Crippen LogP contribution in [0.25, 0.3) is 11.4 Å². The highest BCUT2D eigenvalue weighted by Crippen LogP contribution is 2.39. The standard InChI is InChI=1S/C26H29ClN4O4S/c1-2-34-26(33)22-19-10-3-4-11-20(19)36-25(22)29-24(32)17-8-6-12-31(14-17)15-21-28-23(30-35-21)16-7-5-9-18(27)13-16/h5,7,9,13,17H,2-4,6,8,10-12,14-15H2,1H3,(H,29,32). The smallest absolute Gasteiger partial charge is 0.341 e. The van der Waals surface area contributed by atoms with Crippen LogP contribution in [-0.2, 0) is 28.9 Å². The van der Waals surface area contributed by atoms with E-state index in [1.54, 1.807) is 19.1 Å². The van der Waals surface area contributed by atoms with Gasteiger partial charge >= 0.3 is 5.97 Å². The Morgan fingerprint density at radius 1 is 1.28 bits per heavy atom. The van der Waals surface area contributed by atoms with Gasteiger partial charge in [0.15, 0.2) is 0 Å². The lowest BCUT2D eigenvalue weighted by Gasteiger charge is -2.30. The molecule has 0 saturated carbocycles. The van der Waals surface area contributed by atoms with Crippen molar-refractivity contribution in [1.29, 1.82) is 0 Å². The van der Waals surface area contributed by atoms with Crippen molar-refractivity contribution < 1.29 is 18.8 Å². The number of aryl methyl sites for hydroxylation is 1. The van der Waals surface area contributed by atoms with Gasteiger partial charge in [-0.25, -0.2) is 4.79 Å². The highest BCUT2D eigenvalue weighted by molar-refractivity contribution is 7.17. The van der Waals surface area contributed by atoms with Gasteiger partial charge in [-0.1, -0.05) is 28.9 Å². The maximum atomic E-state index is 13.3. The SMILES string of the molecule is CCOC(=O)c1c(NC(=O)C2CCCN(Cc3nc(-c4cccc(Cl)c4)no3)C2)sc2c1CCCC2. The lowest BCUT2D eigenvalue weighted by atomic mass is 9.95. The molecule has 1 atom stereocenters. The number of benzene rings is 1. The second-order valence-corrected chi connectivity index (χ2v) is 10.8. The van der Waals surface area contributed by atoms with Crippen LogP contribution in [-0.4, -0.2) is 46.6 Å². The van der Waals surface area contributed by atoms with Crippen LogP contribution in [0.2, 0.25) is 5.02 Å². The van der Waals surface area contributed by atoms with Crippen molar-refractivity contribution in [3.05, 3.63) is 51.2 Å². The summed E-state index contributed by atoms with van der Waals surface area (Å²) < 4.78 is 10.8. The Balaban J connectivity index is 1.25. The van der Waals surface area contributed by atoms with Crippen molar-refractivity contribution in [2.24, 2.45) is 5.92 Å². The Morgan fingerprint density at radius 3 is 2.97 bits per heavy atom. The summed E-state index contributed by atoms with van der Waals surface area (Å²) in [5.41, 5.74) is 2.40. The van der Waals surface area contributed by atoms with Crippen LogP contribution in [0.4, 0.5) is 5.00 Å². The Hall–Kier alpha value is -2.75. The van der Waals surface area contributed by atoms with Crippen LogP contribution in [0.15, 0.2) is 28.8 Å². The van der Waals surface area contributed by atoms with E-state index < -0.39 is 0 Å². The van der Waals surface area contributed by atoms with E-state index in [0.717, 1.165) is 56.2 Å². The van der Waals surface area contributed by atoms with Gasteiger partial charge in [0.25, 0.3) is 0 Å². The molecule has 2 aromatic heterocycles. The Morgan fingerprint density at radius 2 is 2.14 bits per heavy atom. The molecule has 1 N–H and O–H groups in total. The topological polar surface area (TPSA) is 97.6 Å². The molecule has 2 aliphatic rings. The van der Waals surface area contributed by atoms with E-state index in [0.29, 0.717) is 47.0 Å². The van der Waals surface area contributed by atoms with Gasteiger partial charge in [0.1, 0.15) is 5.00 Å². The zero-order valence-electron chi connectivity index (χ0n) is 20.2. The fourth-order valence-corrected chi connectivity index (χ4v) is 6.43. The Bertz CT molecular complexity index is 1260. The van der Waals surface area contributed by atoms with Gasteiger partial charge in [-0.3, -0.25) is 9.69 Å². The molecule has 1 aromatic carbocycles. The molecule has 8 nitrogen and oxygen atoms in total. The van der Waals surface area contributed by atoms with Crippen LogP contribution >= 0.6 is 22.9 Å². The minimum atomic E-state index is -0.343. The van der Waals surface area contributed by atoms with E-state index >= 15 is 0 Å². The molecule has 5 rings (SSSR count). The number of aromatic nitrogens is 2. The molecule has 0 radical (unpaired) electrons. The number of anilines is 1. The third kappa shape index (κ3) is 5.48. The first kappa shape index (κ1) is 24.9. The molecule has 1 amide bonds. The van der Waals surface area contributed by atoms with Crippen LogP contribution in [0.5, 0.6) is 0 Å². The van der Waals surface area contributed by atoms with Gasteiger partial charge in [-0.15, -0.1) is 11.3 Å². The van der Waals surface area contributed by atoms with E-state index in [9.17, 15) is 9.59 Å². The van der Waals surface area contributed by atoms with E-state index in [4.69, 9.17) is 20.9 Å². The number of halogens is 1. The van der Waals surface area contributed by atoms with Crippen molar-refractivity contribution in [2.75, 3.05) is 25.0 Å². The third-order valence-corrected chi connectivity index (χ3v) is 8.12. The molecule has 3 heterocycles. The first-order chi connectivity index (χ1) is 17.5. The zero-order valence-corrected chi connectivity index (χ0v) is 21.8. The first-order valence-electron chi connectivity index (χ1n) is 12.4. The molecule has 3 aromatic rings. The van der Waals surface area contributed by atoms with Crippen LogP contribution in [0.3, 0.4) is 0 Å². The fourth-order valence-electron chi connectivity index (χ4n) is 4.96. The van der Waals surface area contributed by atoms with Crippen LogP contribution < -0.4 is 5.32 Å². The summed E-state index contributed by atoms with van der Waals surface area (Å²) in [6.45, 7) is 4.01. The van der Waals surface area contributed by atoms with E-state index in [1.165, 1.54) is 16.2 Å². The number of hydrogen-bond donors (Lipinski definition) is 1. The number of amides is 1. The quantitative estimate of drug-likeness (QED) is 0.412. The summed E-state index contributed by atoms with van der Waals surface area (Å²) in [7, 11) is 0. The number of fused-ring (bicyclic) bond motifs is 1. The molecule has 1 unspecified atom stereocenters. The molecule has 0 bridgehead atoms. The first-order valence-corrected chi connectivity index (χ1v) is 13.6. The predicted octanol–water partition coefficient (Wildman–Crippen LogP) is 5.36. The van der Waals surface area contributed by atoms with Gasteiger partial charge in [0.05, 0.1) is 24.6 Å². The third-order valence-electron chi connectivity index (χ3n) is 6.67. The summed E-state index contributed by atoms with van der Waals surface area (Å²) in [4.78, 5) is 33.9. The number of likely N-dealkylation sites (tertiary alicyclic amines) is 1. The summed E-state index contributed by atoms with van der Waals surface area (Å²) in [5, 5.41) is 8.41. The van der Waals surface area contributed by atoms with E-state index in [1.807, 2.05) is 12.1 Å². The summed E-state index contributed by atoms with van der Waals surface area (Å²) >= 11 is 7.60. The second kappa shape index (κ2) is 11.1. The number of carbonyl (C=O) groups is 2. The van der Waals surface area contributed by atoms with Crippen molar-refractivity contribution in [3.63, 3.8) is 0 Å². The molecular formula is C26H29ClN4O4S. The lowest BCUT2D eigenvalue weighted by Crippen LogP contribution is -2.40. The predicted molar refractivity (Wildman–Crippen MR) is 138 cm³/mol. The average molecular weight is 529 g/mol. The molecule has 0 spiro atoms. The molecule has 1 saturated heterocycles. The lowest BCUT2D eigenvalue weighted by molar-refractivity contribution is -0.121. The van der Waals surface area contributed by atoms with Crippen LogP contribution in [0, 0.1) is 5.92 Å². The summed E-state index contributed by atoms with van der Waals surface area (Å²) in [6, 6.07) is 7.32. The molecule has 36 heavy (non-hydrogen) atoms. The monoisotopic (exact) mass is 528 g/mol. The number of nitrogens with one attached hydrogen (secondary N) is 1. The summed E-state index contributed by atoms with van der Waals surface area (Å²) in [5.74, 6) is 0.398. The van der Waals surface area contributed by atoms with Gasteiger partial charge in [0.2, 0.25) is 17.6 Å². The van der Waals surface area contributed by atoms with Gasteiger partial charge < -0.3 is 14.6 Å². The fraction of sp³-hybridized carbons (Fsp3) is 0.462. The van der Waals surface area contributed by atoms with E-state index in [2.05, 4.69) is 20.4 Å². The number of rotatable bonds is 7. The molecular weight excluding hydrogens is 500 g/mol. The number of esters is 1. The minimum Gasteiger partial charge on any atom is -0.462 e. The number of thiophene rings is 1.